The highest BCUT2D eigenvalue weighted by Crippen LogP contribution is 2.15. The molecule has 0 aliphatic carbocycles. The number of amides is 1. The highest BCUT2D eigenvalue weighted by molar-refractivity contribution is 7.89. The van der Waals surface area contributed by atoms with Gasteiger partial charge in [-0.3, -0.25) is 4.79 Å². The molecule has 7 heteroatoms. The Morgan fingerprint density at radius 1 is 1.29 bits per heavy atom. The fraction of sp³-hybridized carbons (Fsp3) is 0.500. The number of hydrogen-bond donors (Lipinski definition) is 2. The van der Waals surface area contributed by atoms with E-state index < -0.39 is 10.0 Å². The van der Waals surface area contributed by atoms with E-state index >= 15 is 0 Å². The first-order chi connectivity index (χ1) is 9.49. The maximum atomic E-state index is 11.7. The van der Waals surface area contributed by atoms with Gasteiger partial charge in [-0.05, 0) is 45.4 Å². The summed E-state index contributed by atoms with van der Waals surface area (Å²) in [5.41, 5.74) is 0.407. The number of nitrogens with two attached hydrogens (primary N) is 1. The molecular formula is C14H22N2O4S. The van der Waals surface area contributed by atoms with Gasteiger partial charge in [-0.15, -0.1) is 0 Å². The van der Waals surface area contributed by atoms with Crippen LogP contribution in [0, 0.1) is 0 Å². The summed E-state index contributed by atoms with van der Waals surface area (Å²) in [4.78, 5) is 11.8. The van der Waals surface area contributed by atoms with Crippen molar-refractivity contribution in [3.8, 4) is 0 Å². The Balaban J connectivity index is 2.64. The Bertz CT molecular complexity index is 588. The predicted molar refractivity (Wildman–Crippen MR) is 80.1 cm³/mol. The van der Waals surface area contributed by atoms with E-state index in [-0.39, 0.29) is 29.1 Å². The van der Waals surface area contributed by atoms with Gasteiger partial charge in [0.05, 0.1) is 16.5 Å². The zero-order chi connectivity index (χ0) is 16.3. The van der Waals surface area contributed by atoms with Gasteiger partial charge in [0.25, 0.3) is 0 Å². The maximum absolute atomic E-state index is 11.7. The van der Waals surface area contributed by atoms with Gasteiger partial charge in [-0.2, -0.15) is 0 Å². The molecule has 0 spiro atoms. The minimum Gasteiger partial charge on any atom is -0.366 e. The summed E-state index contributed by atoms with van der Waals surface area (Å²) in [6.07, 6.45) is 0. The Labute approximate surface area is 125 Å². The molecule has 0 heterocycles. The summed E-state index contributed by atoms with van der Waals surface area (Å²) >= 11 is 0. The first-order valence-corrected chi connectivity index (χ1v) is 8.10. The van der Waals surface area contributed by atoms with E-state index in [0.717, 1.165) is 5.56 Å². The van der Waals surface area contributed by atoms with Crippen LogP contribution < -0.4 is 10.5 Å². The molecule has 0 saturated carbocycles. The van der Waals surface area contributed by atoms with Gasteiger partial charge in [0.1, 0.15) is 6.61 Å². The monoisotopic (exact) mass is 314 g/mol. The SMILES string of the molecule is CC(NC(=O)COC(C)(C)C)c1ccc(S(N)(=O)=O)cc1. The van der Waals surface area contributed by atoms with Crippen LogP contribution in [-0.2, 0) is 19.6 Å². The van der Waals surface area contributed by atoms with E-state index in [0.29, 0.717) is 0 Å². The lowest BCUT2D eigenvalue weighted by molar-refractivity contribution is -0.131. The average Bonchev–Trinajstić information content (AvgIpc) is 2.34. The molecule has 1 rings (SSSR count). The van der Waals surface area contributed by atoms with E-state index in [9.17, 15) is 13.2 Å². The summed E-state index contributed by atoms with van der Waals surface area (Å²) < 4.78 is 27.7. The van der Waals surface area contributed by atoms with Gasteiger partial charge < -0.3 is 10.1 Å². The van der Waals surface area contributed by atoms with Crippen molar-refractivity contribution in [1.29, 1.82) is 0 Å². The van der Waals surface area contributed by atoms with Crippen molar-refractivity contribution in [3.05, 3.63) is 29.8 Å². The highest BCUT2D eigenvalue weighted by Gasteiger charge is 2.15. The van der Waals surface area contributed by atoms with Crippen molar-refractivity contribution in [1.82, 2.24) is 5.32 Å². The molecule has 0 radical (unpaired) electrons. The summed E-state index contributed by atoms with van der Waals surface area (Å²) in [5.74, 6) is -0.229. The summed E-state index contributed by atoms with van der Waals surface area (Å²) in [6, 6.07) is 5.82. The van der Waals surface area contributed by atoms with Crippen LogP contribution in [0.4, 0.5) is 0 Å². The largest absolute Gasteiger partial charge is 0.366 e. The molecule has 0 aromatic heterocycles. The van der Waals surface area contributed by atoms with E-state index in [1.807, 2.05) is 20.8 Å². The van der Waals surface area contributed by atoms with E-state index in [2.05, 4.69) is 5.32 Å². The predicted octanol–water partition coefficient (Wildman–Crippen LogP) is 1.33. The highest BCUT2D eigenvalue weighted by atomic mass is 32.2. The molecule has 0 aliphatic rings. The number of primary sulfonamides is 1. The van der Waals surface area contributed by atoms with Crippen molar-refractivity contribution in [2.75, 3.05) is 6.61 Å². The Kier molecular flexibility index (Phi) is 5.49. The lowest BCUT2D eigenvalue weighted by Crippen LogP contribution is -2.33. The smallest absolute Gasteiger partial charge is 0.246 e. The zero-order valence-electron chi connectivity index (χ0n) is 12.7. The van der Waals surface area contributed by atoms with Crippen molar-refractivity contribution in [2.24, 2.45) is 5.14 Å². The lowest BCUT2D eigenvalue weighted by Gasteiger charge is -2.20. The molecule has 0 saturated heterocycles. The van der Waals surface area contributed by atoms with Crippen LogP contribution >= 0.6 is 0 Å². The molecule has 3 N–H and O–H groups in total. The molecule has 21 heavy (non-hydrogen) atoms. The van der Waals surface area contributed by atoms with Crippen LogP contribution in [0.15, 0.2) is 29.2 Å². The van der Waals surface area contributed by atoms with Crippen LogP contribution in [0.25, 0.3) is 0 Å². The summed E-state index contributed by atoms with van der Waals surface area (Å²) in [7, 11) is -3.70. The fourth-order valence-electron chi connectivity index (χ4n) is 1.59. The van der Waals surface area contributed by atoms with Crippen LogP contribution in [0.3, 0.4) is 0 Å². The number of rotatable bonds is 5. The second-order valence-corrected chi connectivity index (χ2v) is 7.37. The fourth-order valence-corrected chi connectivity index (χ4v) is 2.11. The van der Waals surface area contributed by atoms with Gasteiger partial charge in [-0.25, -0.2) is 13.6 Å². The number of carbonyl (C=O) groups excluding carboxylic acids is 1. The van der Waals surface area contributed by atoms with E-state index in [1.165, 1.54) is 12.1 Å². The average molecular weight is 314 g/mol. The third-order valence-corrected chi connectivity index (χ3v) is 3.65. The molecule has 1 atom stereocenters. The minimum atomic E-state index is -3.70. The molecule has 1 aromatic carbocycles. The second-order valence-electron chi connectivity index (χ2n) is 5.80. The number of benzene rings is 1. The Morgan fingerprint density at radius 2 is 1.81 bits per heavy atom. The molecule has 0 fully saturated rings. The summed E-state index contributed by atoms with van der Waals surface area (Å²) in [5, 5.41) is 7.81. The zero-order valence-corrected chi connectivity index (χ0v) is 13.5. The van der Waals surface area contributed by atoms with E-state index in [1.54, 1.807) is 19.1 Å². The molecule has 118 valence electrons. The number of ether oxygens (including phenoxy) is 1. The first kappa shape index (κ1) is 17.6. The third-order valence-electron chi connectivity index (χ3n) is 2.72. The number of sulfonamides is 1. The van der Waals surface area contributed by atoms with Gasteiger partial charge in [0.2, 0.25) is 15.9 Å². The van der Waals surface area contributed by atoms with Crippen LogP contribution in [0.1, 0.15) is 39.3 Å². The molecule has 0 aliphatic heterocycles. The quantitative estimate of drug-likeness (QED) is 0.856. The van der Waals surface area contributed by atoms with Crippen molar-refractivity contribution in [3.63, 3.8) is 0 Å². The van der Waals surface area contributed by atoms with Crippen LogP contribution in [0.5, 0.6) is 0 Å². The molecular weight excluding hydrogens is 292 g/mol. The van der Waals surface area contributed by atoms with Gasteiger partial charge >= 0.3 is 0 Å². The Morgan fingerprint density at radius 3 is 2.24 bits per heavy atom. The Hall–Kier alpha value is -1.44. The number of carbonyl (C=O) groups is 1. The van der Waals surface area contributed by atoms with E-state index in [4.69, 9.17) is 9.88 Å². The molecule has 1 aromatic rings. The molecule has 0 bridgehead atoms. The second kappa shape index (κ2) is 6.55. The molecule has 6 nitrogen and oxygen atoms in total. The number of hydrogen-bond acceptors (Lipinski definition) is 4. The standard InChI is InChI=1S/C14H22N2O4S/c1-10(16-13(17)9-20-14(2,3)4)11-5-7-12(8-6-11)21(15,18)19/h5-8,10H,9H2,1-4H3,(H,16,17)(H2,15,18,19). The minimum absolute atomic E-state index is 0.0247. The van der Waals surface area contributed by atoms with Gasteiger partial charge in [-0.1, -0.05) is 12.1 Å². The third kappa shape index (κ3) is 6.24. The maximum Gasteiger partial charge on any atom is 0.246 e. The van der Waals surface area contributed by atoms with Gasteiger partial charge in [0.15, 0.2) is 0 Å². The van der Waals surface area contributed by atoms with Crippen LogP contribution in [-0.4, -0.2) is 26.5 Å². The van der Waals surface area contributed by atoms with Crippen LogP contribution in [0.2, 0.25) is 0 Å². The van der Waals surface area contributed by atoms with Crippen molar-refractivity contribution in [2.45, 2.75) is 44.2 Å². The summed E-state index contributed by atoms with van der Waals surface area (Å²) in [6.45, 7) is 7.39. The first-order valence-electron chi connectivity index (χ1n) is 6.55. The molecule has 1 unspecified atom stereocenters. The normalized spacial score (nSPS) is 13.8. The van der Waals surface area contributed by atoms with Crippen molar-refractivity contribution >= 4 is 15.9 Å². The van der Waals surface area contributed by atoms with Gasteiger partial charge in [0, 0.05) is 0 Å². The van der Waals surface area contributed by atoms with Crippen molar-refractivity contribution < 1.29 is 17.9 Å². The molecule has 1 amide bonds. The number of nitrogens with one attached hydrogen (secondary N) is 1. The lowest BCUT2D eigenvalue weighted by atomic mass is 10.1. The topological polar surface area (TPSA) is 98.5 Å².